The lowest BCUT2D eigenvalue weighted by Crippen LogP contribution is -2.14. The number of thiazole rings is 1. The van der Waals surface area contributed by atoms with Crippen LogP contribution in [0.3, 0.4) is 0 Å². The van der Waals surface area contributed by atoms with Crippen LogP contribution in [0.25, 0.3) is 11.4 Å². The summed E-state index contributed by atoms with van der Waals surface area (Å²) < 4.78 is 6.79. The third-order valence-corrected chi connectivity index (χ3v) is 6.76. The Morgan fingerprint density at radius 2 is 2.07 bits per heavy atom. The van der Waals surface area contributed by atoms with Crippen LogP contribution < -0.4 is 5.32 Å². The zero-order valence-corrected chi connectivity index (χ0v) is 18.7. The fourth-order valence-electron chi connectivity index (χ4n) is 2.47. The fourth-order valence-corrected chi connectivity index (χ4v) is 4.72. The molecule has 0 aliphatic heterocycles. The van der Waals surface area contributed by atoms with E-state index in [2.05, 4.69) is 38.9 Å². The van der Waals surface area contributed by atoms with Crippen LogP contribution in [0.15, 0.2) is 22.0 Å². The molecule has 0 fully saturated rings. The van der Waals surface area contributed by atoms with E-state index in [4.69, 9.17) is 4.74 Å². The zero-order valence-electron chi connectivity index (χ0n) is 16.3. The van der Waals surface area contributed by atoms with E-state index in [1.807, 2.05) is 11.6 Å². The van der Waals surface area contributed by atoms with E-state index in [9.17, 15) is 9.59 Å². The minimum absolute atomic E-state index is 0.0962. The monoisotopic (exact) mass is 451 g/mol. The van der Waals surface area contributed by atoms with Crippen molar-refractivity contribution >= 4 is 51.4 Å². The second-order valence-electron chi connectivity index (χ2n) is 5.98. The van der Waals surface area contributed by atoms with Crippen LogP contribution in [0.5, 0.6) is 0 Å². The highest BCUT2D eigenvalue weighted by Crippen LogP contribution is 2.27. The predicted octanol–water partition coefficient (Wildman–Crippen LogP) is 3.40. The Morgan fingerprint density at radius 3 is 2.79 bits per heavy atom. The molecule has 0 aromatic carbocycles. The summed E-state index contributed by atoms with van der Waals surface area (Å²) >= 11 is 4.29. The zero-order chi connectivity index (χ0) is 20.8. The van der Waals surface area contributed by atoms with Gasteiger partial charge in [0.25, 0.3) is 0 Å². The van der Waals surface area contributed by atoms with Crippen molar-refractivity contribution in [2.45, 2.75) is 31.8 Å². The van der Waals surface area contributed by atoms with E-state index in [1.165, 1.54) is 28.0 Å². The van der Waals surface area contributed by atoms with Crippen molar-refractivity contribution in [1.29, 1.82) is 0 Å². The number of hydrogen-bond acceptors (Lipinski definition) is 9. The molecule has 0 radical (unpaired) electrons. The molecule has 1 amide bonds. The predicted molar refractivity (Wildman–Crippen MR) is 115 cm³/mol. The molecule has 11 heteroatoms. The molecule has 0 saturated heterocycles. The maximum Gasteiger partial charge on any atom is 0.311 e. The second kappa shape index (κ2) is 9.99. The van der Waals surface area contributed by atoms with E-state index < -0.39 is 0 Å². The SMILES string of the molecule is CCOC(=O)Cc1csc(NC(=O)CSc2nnc(-c3csc(CC)c3)n2C)n1. The highest BCUT2D eigenvalue weighted by atomic mass is 32.2. The number of carbonyl (C=O) groups excluding carboxylic acids is 2. The smallest absolute Gasteiger partial charge is 0.311 e. The van der Waals surface area contributed by atoms with Gasteiger partial charge >= 0.3 is 5.97 Å². The highest BCUT2D eigenvalue weighted by Gasteiger charge is 2.15. The van der Waals surface area contributed by atoms with Gasteiger partial charge in [0.1, 0.15) is 0 Å². The average molecular weight is 452 g/mol. The number of hydrogen-bond donors (Lipinski definition) is 1. The number of nitrogens with zero attached hydrogens (tertiary/aromatic N) is 4. The number of rotatable bonds is 9. The second-order valence-corrected chi connectivity index (χ2v) is 8.78. The van der Waals surface area contributed by atoms with E-state index in [-0.39, 0.29) is 24.1 Å². The molecule has 154 valence electrons. The maximum absolute atomic E-state index is 12.2. The van der Waals surface area contributed by atoms with Crippen molar-refractivity contribution in [3.8, 4) is 11.4 Å². The summed E-state index contributed by atoms with van der Waals surface area (Å²) in [7, 11) is 1.89. The molecule has 3 rings (SSSR count). The lowest BCUT2D eigenvalue weighted by Gasteiger charge is -2.03. The van der Waals surface area contributed by atoms with E-state index in [1.54, 1.807) is 23.6 Å². The number of carbonyl (C=O) groups is 2. The van der Waals surface area contributed by atoms with Crippen LogP contribution in [0, 0.1) is 0 Å². The van der Waals surface area contributed by atoms with Crippen LogP contribution in [0.2, 0.25) is 0 Å². The first kappa shape index (κ1) is 21.5. The summed E-state index contributed by atoms with van der Waals surface area (Å²) in [5.74, 6) is 0.441. The Morgan fingerprint density at radius 1 is 1.24 bits per heavy atom. The van der Waals surface area contributed by atoms with Crippen molar-refractivity contribution in [3.05, 3.63) is 27.4 Å². The van der Waals surface area contributed by atoms with Gasteiger partial charge in [0.05, 0.1) is 24.5 Å². The molecule has 3 aromatic rings. The Bertz CT molecular complexity index is 995. The molecule has 0 bridgehead atoms. The normalized spacial score (nSPS) is 10.9. The number of anilines is 1. The summed E-state index contributed by atoms with van der Waals surface area (Å²) in [6.45, 7) is 4.21. The standard InChI is InChI=1S/C18H21N5O3S3/c1-4-13-6-11(8-27-13)16-21-22-18(23(16)3)29-10-14(24)20-17-19-12(9-28-17)7-15(25)26-5-2/h6,8-9H,4-5,7,10H2,1-3H3,(H,19,20,24). The summed E-state index contributed by atoms with van der Waals surface area (Å²) in [5.41, 5.74) is 1.62. The summed E-state index contributed by atoms with van der Waals surface area (Å²) in [6.07, 6.45) is 1.08. The number of nitrogens with one attached hydrogen (secondary N) is 1. The summed E-state index contributed by atoms with van der Waals surface area (Å²) in [5, 5.41) is 16.1. The number of esters is 1. The molecule has 29 heavy (non-hydrogen) atoms. The molecule has 0 atom stereocenters. The van der Waals surface area contributed by atoms with Gasteiger partial charge in [-0.15, -0.1) is 32.9 Å². The maximum atomic E-state index is 12.2. The average Bonchev–Trinajstić information content (AvgIpc) is 3.41. The van der Waals surface area contributed by atoms with E-state index in [0.29, 0.717) is 22.6 Å². The van der Waals surface area contributed by atoms with Crippen LogP contribution in [0.4, 0.5) is 5.13 Å². The van der Waals surface area contributed by atoms with E-state index in [0.717, 1.165) is 17.8 Å². The minimum atomic E-state index is -0.332. The third-order valence-electron chi connectivity index (χ3n) is 3.86. The van der Waals surface area contributed by atoms with Crippen molar-refractivity contribution in [1.82, 2.24) is 19.7 Å². The number of thioether (sulfide) groups is 1. The molecule has 3 heterocycles. The lowest BCUT2D eigenvalue weighted by atomic mass is 10.2. The van der Waals surface area contributed by atoms with Crippen molar-refractivity contribution in [2.24, 2.45) is 7.05 Å². The number of amides is 1. The Hall–Kier alpha value is -2.24. The third kappa shape index (κ3) is 5.64. The van der Waals surface area contributed by atoms with Crippen molar-refractivity contribution < 1.29 is 14.3 Å². The first-order chi connectivity index (χ1) is 14.0. The lowest BCUT2D eigenvalue weighted by molar-refractivity contribution is -0.142. The van der Waals surface area contributed by atoms with Gasteiger partial charge in [-0.3, -0.25) is 9.59 Å². The number of aryl methyl sites for hydroxylation is 1. The topological polar surface area (TPSA) is 99.0 Å². The van der Waals surface area contributed by atoms with Crippen LogP contribution in [-0.2, 0) is 34.2 Å². The molecule has 0 aliphatic carbocycles. The molecule has 0 aliphatic rings. The molecular weight excluding hydrogens is 430 g/mol. The van der Waals surface area contributed by atoms with Crippen LogP contribution in [-0.4, -0.2) is 44.0 Å². The Balaban J connectivity index is 1.53. The van der Waals surface area contributed by atoms with Gasteiger partial charge in [0.15, 0.2) is 16.1 Å². The molecule has 0 spiro atoms. The quantitative estimate of drug-likeness (QED) is 0.393. The molecule has 0 unspecified atom stereocenters. The van der Waals surface area contributed by atoms with Gasteiger partial charge in [-0.05, 0) is 19.4 Å². The largest absolute Gasteiger partial charge is 0.466 e. The van der Waals surface area contributed by atoms with Gasteiger partial charge in [-0.1, -0.05) is 18.7 Å². The number of ether oxygens (including phenoxy) is 1. The fraction of sp³-hybridized carbons (Fsp3) is 0.389. The molecule has 3 aromatic heterocycles. The number of thiophene rings is 1. The molecule has 1 N–H and O–H groups in total. The van der Waals surface area contributed by atoms with Crippen molar-refractivity contribution in [3.63, 3.8) is 0 Å². The van der Waals surface area contributed by atoms with Crippen molar-refractivity contribution in [2.75, 3.05) is 17.7 Å². The number of aromatic nitrogens is 4. The summed E-state index contributed by atoms with van der Waals surface area (Å²) in [6, 6.07) is 2.12. The molecule has 0 saturated carbocycles. The highest BCUT2D eigenvalue weighted by molar-refractivity contribution is 7.99. The minimum Gasteiger partial charge on any atom is -0.466 e. The molecule has 8 nitrogen and oxygen atoms in total. The molecular formula is C18H21N5O3S3. The Labute approximate surface area is 180 Å². The first-order valence-electron chi connectivity index (χ1n) is 9.00. The first-order valence-corrected chi connectivity index (χ1v) is 11.7. The van der Waals surface area contributed by atoms with Crippen LogP contribution >= 0.6 is 34.4 Å². The van der Waals surface area contributed by atoms with E-state index >= 15 is 0 Å². The Kier molecular flexibility index (Phi) is 7.40. The van der Waals surface area contributed by atoms with Gasteiger partial charge in [0.2, 0.25) is 5.91 Å². The van der Waals surface area contributed by atoms with Crippen LogP contribution in [0.1, 0.15) is 24.4 Å². The van der Waals surface area contributed by atoms with Gasteiger partial charge in [-0.2, -0.15) is 0 Å². The summed E-state index contributed by atoms with van der Waals surface area (Å²) in [4.78, 5) is 29.3. The van der Waals surface area contributed by atoms with Gasteiger partial charge in [0, 0.05) is 28.2 Å². The van der Waals surface area contributed by atoms with Gasteiger partial charge < -0.3 is 14.6 Å². The van der Waals surface area contributed by atoms with Gasteiger partial charge in [-0.25, -0.2) is 4.98 Å².